The van der Waals surface area contributed by atoms with Crippen molar-refractivity contribution in [1.29, 1.82) is 0 Å². The molecule has 0 fully saturated rings. The van der Waals surface area contributed by atoms with E-state index < -0.39 is 0 Å². The Balaban J connectivity index is 0.943. The summed E-state index contributed by atoms with van der Waals surface area (Å²) in [5, 5.41) is 5.90. The predicted molar refractivity (Wildman–Crippen MR) is 191 cm³/mol. The van der Waals surface area contributed by atoms with Gasteiger partial charge in [-0.3, -0.25) is 19.2 Å². The molecule has 7 rings (SSSR count). The number of aromatic nitrogens is 2. The Bertz CT molecular complexity index is 2210. The molecule has 1 aliphatic rings. The zero-order chi connectivity index (χ0) is 32.7. The lowest BCUT2D eigenvalue weighted by molar-refractivity contribution is -0.114. The summed E-state index contributed by atoms with van der Waals surface area (Å²) in [7, 11) is 0. The van der Waals surface area contributed by atoms with Crippen LogP contribution in [0.4, 0.5) is 17.1 Å². The van der Waals surface area contributed by atoms with E-state index in [4.69, 9.17) is 0 Å². The maximum atomic E-state index is 12.9. The van der Waals surface area contributed by atoms with Gasteiger partial charge in [-0.1, -0.05) is 53.4 Å². The Morgan fingerprint density at radius 2 is 1.32 bits per heavy atom. The van der Waals surface area contributed by atoms with Crippen LogP contribution in [-0.2, 0) is 9.59 Å². The number of rotatable bonds is 9. The molecular formula is C34H25N5O4S4. The monoisotopic (exact) mass is 695 g/mol. The van der Waals surface area contributed by atoms with Crippen molar-refractivity contribution in [3.63, 3.8) is 0 Å². The number of nitrogens with one attached hydrogen (secondary N) is 2. The van der Waals surface area contributed by atoms with Crippen molar-refractivity contribution in [2.45, 2.75) is 22.5 Å². The second-order valence-corrected chi connectivity index (χ2v) is 15.3. The molecule has 0 saturated heterocycles. The van der Waals surface area contributed by atoms with Gasteiger partial charge in [0, 0.05) is 11.4 Å². The molecule has 13 heteroatoms. The normalized spacial score (nSPS) is 12.6. The van der Waals surface area contributed by atoms with E-state index in [0.717, 1.165) is 41.6 Å². The van der Waals surface area contributed by atoms with Crippen LogP contribution in [0.25, 0.3) is 20.4 Å². The minimum atomic E-state index is -0.344. The average Bonchev–Trinajstić information content (AvgIpc) is 3.73. The zero-order valence-electron chi connectivity index (χ0n) is 25.0. The Morgan fingerprint density at radius 3 is 1.96 bits per heavy atom. The van der Waals surface area contributed by atoms with Crippen LogP contribution in [0.3, 0.4) is 0 Å². The van der Waals surface area contributed by atoms with Crippen LogP contribution in [0.15, 0.2) is 87.5 Å². The summed E-state index contributed by atoms with van der Waals surface area (Å²) in [6.45, 7) is 3.99. The van der Waals surface area contributed by atoms with Crippen molar-refractivity contribution in [2.75, 3.05) is 27.0 Å². The van der Waals surface area contributed by atoms with Gasteiger partial charge >= 0.3 is 0 Å². The van der Waals surface area contributed by atoms with Gasteiger partial charge in [0.05, 0.1) is 48.8 Å². The molecule has 0 saturated carbocycles. The second kappa shape index (κ2) is 12.9. The molecule has 3 heterocycles. The van der Waals surface area contributed by atoms with E-state index in [-0.39, 0.29) is 35.1 Å². The fraction of sp³-hybridized carbons (Fsp3) is 0.118. The molecule has 0 radical (unpaired) electrons. The van der Waals surface area contributed by atoms with E-state index in [1.807, 2.05) is 50.2 Å². The van der Waals surface area contributed by atoms with Crippen molar-refractivity contribution >= 4 is 107 Å². The van der Waals surface area contributed by atoms with Gasteiger partial charge in [0.25, 0.3) is 11.8 Å². The van der Waals surface area contributed by atoms with Crippen LogP contribution in [-0.4, -0.2) is 45.1 Å². The fourth-order valence-corrected chi connectivity index (χ4v) is 8.96. The number of carbonyl (C=O) groups is 4. The number of hydrogen-bond donors (Lipinski definition) is 2. The third-order valence-corrected chi connectivity index (χ3v) is 11.7. The van der Waals surface area contributed by atoms with Crippen molar-refractivity contribution in [3.8, 4) is 0 Å². The average molecular weight is 696 g/mol. The van der Waals surface area contributed by atoms with Gasteiger partial charge in [0.15, 0.2) is 8.68 Å². The van der Waals surface area contributed by atoms with Crippen LogP contribution in [0.1, 0.15) is 31.8 Å². The molecule has 4 aromatic carbocycles. The molecule has 0 bridgehead atoms. The first-order valence-electron chi connectivity index (χ1n) is 14.4. The van der Waals surface area contributed by atoms with E-state index in [9.17, 15) is 19.2 Å². The molecule has 4 amide bonds. The number of fused-ring (bicyclic) bond motifs is 3. The highest BCUT2D eigenvalue weighted by molar-refractivity contribution is 8.02. The number of thioether (sulfide) groups is 2. The third-order valence-electron chi connectivity index (χ3n) is 7.37. The van der Waals surface area contributed by atoms with Crippen LogP contribution < -0.4 is 15.5 Å². The molecule has 0 atom stereocenters. The standard InChI is InChI=1S/C34H25N5O4S4/c1-18-7-10-24(19(2)13-18)36-30(41)17-45-33-37-25-11-8-20(14-27(25)46-33)35-29(40)16-44-34-38-26-12-9-21(15-28(26)47-34)39-31(42)22-5-3-4-6-23(22)32(39)43/h3-15H,16-17H2,1-2H3,(H,35,40)(H,36,41). The fourth-order valence-electron chi connectivity index (χ4n) is 5.15. The molecule has 2 aromatic heterocycles. The first-order chi connectivity index (χ1) is 22.7. The van der Waals surface area contributed by atoms with Gasteiger partial charge < -0.3 is 10.6 Å². The van der Waals surface area contributed by atoms with E-state index in [0.29, 0.717) is 26.8 Å². The van der Waals surface area contributed by atoms with Crippen molar-refractivity contribution < 1.29 is 19.2 Å². The van der Waals surface area contributed by atoms with Gasteiger partial charge in [-0.25, -0.2) is 14.9 Å². The lowest BCUT2D eigenvalue weighted by Crippen LogP contribution is -2.29. The molecule has 47 heavy (non-hydrogen) atoms. The smallest absolute Gasteiger partial charge is 0.266 e. The highest BCUT2D eigenvalue weighted by Gasteiger charge is 2.36. The number of thiazole rings is 2. The van der Waals surface area contributed by atoms with Gasteiger partial charge in [0.1, 0.15) is 0 Å². The summed E-state index contributed by atoms with van der Waals surface area (Å²) >= 11 is 5.57. The van der Waals surface area contributed by atoms with Crippen molar-refractivity contribution in [2.24, 2.45) is 0 Å². The van der Waals surface area contributed by atoms with Crippen LogP contribution in [0.5, 0.6) is 0 Å². The Morgan fingerprint density at radius 1 is 0.723 bits per heavy atom. The predicted octanol–water partition coefficient (Wildman–Crippen LogP) is 7.79. The summed E-state index contributed by atoms with van der Waals surface area (Å²) in [4.78, 5) is 61.6. The lowest BCUT2D eigenvalue weighted by atomic mass is 10.1. The molecule has 1 aliphatic heterocycles. The summed E-state index contributed by atoms with van der Waals surface area (Å²) in [6.07, 6.45) is 0. The number of aryl methyl sites for hydroxylation is 2. The van der Waals surface area contributed by atoms with Crippen LogP contribution >= 0.6 is 46.2 Å². The van der Waals surface area contributed by atoms with Gasteiger partial charge in [-0.05, 0) is 74.0 Å². The number of carbonyl (C=O) groups excluding carboxylic acids is 4. The van der Waals surface area contributed by atoms with E-state index in [2.05, 4.69) is 20.6 Å². The minimum absolute atomic E-state index is 0.0944. The van der Waals surface area contributed by atoms with E-state index >= 15 is 0 Å². The molecule has 0 unspecified atom stereocenters. The van der Waals surface area contributed by atoms with Gasteiger partial charge in [0.2, 0.25) is 11.8 Å². The van der Waals surface area contributed by atoms with Crippen molar-refractivity contribution in [1.82, 2.24) is 9.97 Å². The third kappa shape index (κ3) is 6.52. The molecule has 234 valence electrons. The van der Waals surface area contributed by atoms with Crippen LogP contribution in [0.2, 0.25) is 0 Å². The molecule has 6 aromatic rings. The summed E-state index contributed by atoms with van der Waals surface area (Å²) in [5.41, 5.74) is 6.44. The summed E-state index contributed by atoms with van der Waals surface area (Å²) in [5.74, 6) is -0.565. The van der Waals surface area contributed by atoms with Crippen molar-refractivity contribution in [3.05, 3.63) is 101 Å². The largest absolute Gasteiger partial charge is 0.325 e. The SMILES string of the molecule is Cc1ccc(NC(=O)CSc2nc3ccc(NC(=O)CSc4nc5ccc(N6C(=O)c7ccccc7C6=O)cc5s4)cc3s2)c(C)c1. The zero-order valence-corrected chi connectivity index (χ0v) is 28.3. The lowest BCUT2D eigenvalue weighted by Gasteiger charge is -2.13. The maximum absolute atomic E-state index is 12.9. The second-order valence-electron chi connectivity index (χ2n) is 10.8. The first kappa shape index (κ1) is 31.1. The number of hydrogen-bond acceptors (Lipinski definition) is 10. The number of benzene rings is 4. The van der Waals surface area contributed by atoms with Gasteiger partial charge in [-0.2, -0.15) is 0 Å². The summed E-state index contributed by atoms with van der Waals surface area (Å²) in [6, 6.07) is 23.5. The molecule has 0 spiro atoms. The molecule has 2 N–H and O–H groups in total. The van der Waals surface area contributed by atoms with Gasteiger partial charge in [-0.15, -0.1) is 22.7 Å². The maximum Gasteiger partial charge on any atom is 0.266 e. The molecule has 9 nitrogen and oxygen atoms in total. The number of nitrogens with zero attached hydrogens (tertiary/aromatic N) is 3. The number of amides is 4. The summed E-state index contributed by atoms with van der Waals surface area (Å²) < 4.78 is 3.20. The Hall–Kier alpha value is -4.56. The topological polar surface area (TPSA) is 121 Å². The Kier molecular flexibility index (Phi) is 8.53. The Labute approximate surface area is 285 Å². The molecule has 0 aliphatic carbocycles. The molecular weight excluding hydrogens is 671 g/mol. The van der Waals surface area contributed by atoms with Crippen LogP contribution in [0, 0.1) is 13.8 Å². The quantitative estimate of drug-likeness (QED) is 0.116. The number of anilines is 3. The minimum Gasteiger partial charge on any atom is -0.325 e. The highest BCUT2D eigenvalue weighted by Crippen LogP contribution is 2.35. The van der Waals surface area contributed by atoms with E-state index in [1.54, 1.807) is 42.5 Å². The number of imide groups is 1. The van der Waals surface area contributed by atoms with E-state index in [1.165, 1.54) is 51.1 Å². The first-order valence-corrected chi connectivity index (χ1v) is 18.0. The highest BCUT2D eigenvalue weighted by atomic mass is 32.2.